The number of hydrazine groups is 1. The van der Waals surface area contributed by atoms with Gasteiger partial charge >= 0.3 is 0 Å². The van der Waals surface area contributed by atoms with Crippen LogP contribution in [-0.2, 0) is 11.2 Å². The predicted octanol–water partition coefficient (Wildman–Crippen LogP) is 3.36. The van der Waals surface area contributed by atoms with Crippen LogP contribution in [-0.4, -0.2) is 23.5 Å². The summed E-state index contributed by atoms with van der Waals surface area (Å²) in [7, 11) is 0. The van der Waals surface area contributed by atoms with Gasteiger partial charge in [-0.1, -0.05) is 44.2 Å². The Labute approximate surface area is 178 Å². The average Bonchev–Trinajstić information content (AvgIpc) is 2.66. The number of hydrogen-bond acceptors (Lipinski definition) is 4. The van der Waals surface area contributed by atoms with Gasteiger partial charge < -0.3 is 4.74 Å². The van der Waals surface area contributed by atoms with E-state index in [1.807, 2.05) is 30.3 Å². The van der Waals surface area contributed by atoms with Gasteiger partial charge in [-0.25, -0.2) is 0 Å². The van der Waals surface area contributed by atoms with Crippen LogP contribution >= 0.6 is 28.1 Å². The lowest BCUT2D eigenvalue weighted by Gasteiger charge is -2.13. The van der Waals surface area contributed by atoms with Crippen LogP contribution in [0.25, 0.3) is 0 Å². The topological polar surface area (TPSA) is 79.5 Å². The zero-order valence-corrected chi connectivity index (χ0v) is 18.0. The van der Waals surface area contributed by atoms with Gasteiger partial charge in [-0.05, 0) is 57.8 Å². The van der Waals surface area contributed by atoms with Crippen LogP contribution in [0, 0.1) is 5.92 Å². The van der Waals surface area contributed by atoms with E-state index in [0.717, 1.165) is 5.56 Å². The van der Waals surface area contributed by atoms with E-state index in [0.29, 0.717) is 28.3 Å². The molecule has 2 amide bonds. The smallest absolute Gasteiger partial charge is 0.257 e. The Bertz CT molecular complexity index is 844. The highest BCUT2D eigenvalue weighted by atomic mass is 79.9. The molecule has 2 aromatic rings. The number of carbonyl (C=O) groups is 2. The maximum atomic E-state index is 12.3. The summed E-state index contributed by atoms with van der Waals surface area (Å²) < 4.78 is 6.34. The molecular formula is C20H22BrN3O3S. The maximum absolute atomic E-state index is 12.3. The molecule has 6 nitrogen and oxygen atoms in total. The van der Waals surface area contributed by atoms with Gasteiger partial charge in [-0.15, -0.1) is 0 Å². The summed E-state index contributed by atoms with van der Waals surface area (Å²) >= 11 is 8.45. The summed E-state index contributed by atoms with van der Waals surface area (Å²) in [6.45, 7) is 4.70. The van der Waals surface area contributed by atoms with Crippen molar-refractivity contribution >= 4 is 45.1 Å². The first-order chi connectivity index (χ1) is 13.3. The van der Waals surface area contributed by atoms with Crippen molar-refractivity contribution in [2.75, 3.05) is 6.61 Å². The molecule has 2 rings (SSSR count). The van der Waals surface area contributed by atoms with Gasteiger partial charge in [-0.2, -0.15) is 0 Å². The minimum atomic E-state index is -0.397. The monoisotopic (exact) mass is 463 g/mol. The first-order valence-electron chi connectivity index (χ1n) is 8.71. The zero-order valence-electron chi connectivity index (χ0n) is 15.6. The molecule has 0 aliphatic heterocycles. The second-order valence-electron chi connectivity index (χ2n) is 6.47. The molecule has 28 heavy (non-hydrogen) atoms. The molecule has 0 fully saturated rings. The maximum Gasteiger partial charge on any atom is 0.257 e. The average molecular weight is 464 g/mol. The molecule has 0 aliphatic carbocycles. The number of amides is 2. The third-order valence-electron chi connectivity index (χ3n) is 3.52. The van der Waals surface area contributed by atoms with Crippen molar-refractivity contribution < 1.29 is 14.3 Å². The van der Waals surface area contributed by atoms with Crippen molar-refractivity contribution in [1.29, 1.82) is 0 Å². The SMILES string of the molecule is CC(C)COc1ccc(C(=O)NC(=S)NNC(=O)Cc2ccccc2)cc1Br. The van der Waals surface area contributed by atoms with Gasteiger partial charge in [0.2, 0.25) is 5.91 Å². The Hall–Kier alpha value is -2.45. The lowest BCUT2D eigenvalue weighted by atomic mass is 10.1. The molecule has 2 aromatic carbocycles. The highest BCUT2D eigenvalue weighted by Crippen LogP contribution is 2.26. The second kappa shape index (κ2) is 10.8. The van der Waals surface area contributed by atoms with E-state index in [1.54, 1.807) is 18.2 Å². The Morgan fingerprint density at radius 3 is 2.46 bits per heavy atom. The summed E-state index contributed by atoms with van der Waals surface area (Å²) in [6, 6.07) is 14.3. The number of rotatable bonds is 6. The van der Waals surface area contributed by atoms with E-state index in [2.05, 4.69) is 45.9 Å². The van der Waals surface area contributed by atoms with Crippen molar-refractivity contribution in [3.05, 3.63) is 64.1 Å². The fraction of sp³-hybridized carbons (Fsp3) is 0.250. The standard InChI is InChI=1S/C20H22BrN3O3S/c1-13(2)12-27-17-9-8-15(11-16(17)21)19(26)22-20(28)24-23-18(25)10-14-6-4-3-5-7-14/h3-9,11,13H,10,12H2,1-2H3,(H,23,25)(H2,22,24,26,28). The molecule has 0 heterocycles. The summed E-state index contributed by atoms with van der Waals surface area (Å²) in [6.07, 6.45) is 0.204. The lowest BCUT2D eigenvalue weighted by Crippen LogP contribution is -2.48. The Balaban J connectivity index is 1.82. The Morgan fingerprint density at radius 2 is 1.82 bits per heavy atom. The molecule has 3 N–H and O–H groups in total. The third kappa shape index (κ3) is 7.28. The number of hydrogen-bond donors (Lipinski definition) is 3. The highest BCUT2D eigenvalue weighted by molar-refractivity contribution is 9.10. The summed E-state index contributed by atoms with van der Waals surface area (Å²) in [5.74, 6) is 0.401. The van der Waals surface area contributed by atoms with Crippen molar-refractivity contribution in [2.45, 2.75) is 20.3 Å². The molecule has 8 heteroatoms. The van der Waals surface area contributed by atoms with Gasteiger partial charge in [0, 0.05) is 5.56 Å². The number of halogens is 1. The van der Waals surface area contributed by atoms with Crippen LogP contribution in [0.2, 0.25) is 0 Å². The fourth-order valence-corrected chi connectivity index (χ4v) is 2.81. The minimum absolute atomic E-state index is 0.00247. The van der Waals surface area contributed by atoms with Crippen LogP contribution in [0.15, 0.2) is 53.0 Å². The van der Waals surface area contributed by atoms with Crippen molar-refractivity contribution in [3.8, 4) is 5.75 Å². The van der Waals surface area contributed by atoms with Gasteiger partial charge in [0.1, 0.15) is 5.75 Å². The lowest BCUT2D eigenvalue weighted by molar-refractivity contribution is -0.121. The van der Waals surface area contributed by atoms with Crippen LogP contribution in [0.5, 0.6) is 5.75 Å². The summed E-state index contributed by atoms with van der Waals surface area (Å²) in [5.41, 5.74) is 6.27. The van der Waals surface area contributed by atoms with Crippen molar-refractivity contribution in [3.63, 3.8) is 0 Å². The van der Waals surface area contributed by atoms with E-state index < -0.39 is 5.91 Å². The normalized spacial score (nSPS) is 10.3. The van der Waals surface area contributed by atoms with Crippen molar-refractivity contribution in [2.24, 2.45) is 5.92 Å². The van der Waals surface area contributed by atoms with Crippen LogP contribution < -0.4 is 20.9 Å². The molecule has 0 aromatic heterocycles. The van der Waals surface area contributed by atoms with Gasteiger partial charge in [0.25, 0.3) is 5.91 Å². The molecule has 148 valence electrons. The molecule has 0 unspecified atom stereocenters. The molecule has 0 saturated heterocycles. The number of benzene rings is 2. The van der Waals surface area contributed by atoms with E-state index in [9.17, 15) is 9.59 Å². The second-order valence-corrected chi connectivity index (χ2v) is 7.73. The van der Waals surface area contributed by atoms with E-state index in [-0.39, 0.29) is 17.4 Å². The van der Waals surface area contributed by atoms with Gasteiger partial charge in [-0.3, -0.25) is 25.8 Å². The first kappa shape index (κ1) is 21.8. The first-order valence-corrected chi connectivity index (χ1v) is 9.91. The number of thiocarbonyl (C=S) groups is 1. The Morgan fingerprint density at radius 1 is 1.11 bits per heavy atom. The quantitative estimate of drug-likeness (QED) is 0.452. The van der Waals surface area contributed by atoms with Crippen LogP contribution in [0.3, 0.4) is 0 Å². The fourth-order valence-electron chi connectivity index (χ4n) is 2.17. The largest absolute Gasteiger partial charge is 0.492 e. The van der Waals surface area contributed by atoms with Crippen LogP contribution in [0.1, 0.15) is 29.8 Å². The van der Waals surface area contributed by atoms with Gasteiger partial charge in [0.05, 0.1) is 17.5 Å². The predicted molar refractivity (Wildman–Crippen MR) is 116 cm³/mol. The molecule has 0 atom stereocenters. The molecule has 0 spiro atoms. The molecule has 0 bridgehead atoms. The molecule has 0 aliphatic rings. The van der Waals surface area contributed by atoms with Crippen molar-refractivity contribution in [1.82, 2.24) is 16.2 Å². The van der Waals surface area contributed by atoms with E-state index in [1.165, 1.54) is 0 Å². The molecule has 0 saturated carbocycles. The number of ether oxygens (including phenoxy) is 1. The minimum Gasteiger partial charge on any atom is -0.492 e. The number of carbonyl (C=O) groups excluding carboxylic acids is 2. The number of nitrogens with one attached hydrogen (secondary N) is 3. The zero-order chi connectivity index (χ0) is 20.5. The van der Waals surface area contributed by atoms with Gasteiger partial charge in [0.15, 0.2) is 5.11 Å². The summed E-state index contributed by atoms with van der Waals surface area (Å²) in [4.78, 5) is 24.2. The van der Waals surface area contributed by atoms with E-state index in [4.69, 9.17) is 17.0 Å². The summed E-state index contributed by atoms with van der Waals surface area (Å²) in [5, 5.41) is 2.52. The van der Waals surface area contributed by atoms with Crippen LogP contribution in [0.4, 0.5) is 0 Å². The molecular weight excluding hydrogens is 442 g/mol. The third-order valence-corrected chi connectivity index (χ3v) is 4.34. The highest BCUT2D eigenvalue weighted by Gasteiger charge is 2.12. The Kier molecular flexibility index (Phi) is 8.41. The molecule has 0 radical (unpaired) electrons. The van der Waals surface area contributed by atoms with E-state index >= 15 is 0 Å².